The van der Waals surface area contributed by atoms with Gasteiger partial charge in [0, 0.05) is 32.5 Å². The summed E-state index contributed by atoms with van der Waals surface area (Å²) in [5, 5.41) is 19.0. The summed E-state index contributed by atoms with van der Waals surface area (Å²) in [5.74, 6) is -7.38. The van der Waals surface area contributed by atoms with Gasteiger partial charge in [0.25, 0.3) is 0 Å². The first-order valence-corrected chi connectivity index (χ1v) is 26.3. The maximum Gasteiger partial charge on any atom is 0.245 e. The fourth-order valence-corrected chi connectivity index (χ4v) is 9.65. The van der Waals surface area contributed by atoms with E-state index in [1.54, 1.807) is 30.3 Å². The monoisotopic (exact) mass is 1060 g/mol. The first-order valence-electron chi connectivity index (χ1n) is 26.3. The van der Waals surface area contributed by atoms with E-state index >= 15 is 0 Å². The maximum atomic E-state index is 14.7. The van der Waals surface area contributed by atoms with Crippen LogP contribution in [0, 0.1) is 11.8 Å². The molecule has 1 aliphatic carbocycles. The molecule has 4 rings (SSSR count). The van der Waals surface area contributed by atoms with Crippen molar-refractivity contribution in [2.75, 3.05) is 19.6 Å². The van der Waals surface area contributed by atoms with Crippen LogP contribution >= 0.6 is 0 Å². The Morgan fingerprint density at radius 3 is 1.76 bits per heavy atom. The Morgan fingerprint density at radius 2 is 1.18 bits per heavy atom. The number of nitrogens with zero attached hydrogens (tertiary/aromatic N) is 3. The lowest BCUT2D eigenvalue weighted by molar-refractivity contribution is -0.142. The van der Waals surface area contributed by atoms with Crippen LogP contribution in [0.1, 0.15) is 122 Å². The molecule has 26 heteroatoms. The van der Waals surface area contributed by atoms with Crippen LogP contribution in [0.15, 0.2) is 40.3 Å². The Morgan fingerprint density at radius 1 is 0.632 bits per heavy atom. The van der Waals surface area contributed by atoms with Crippen molar-refractivity contribution < 1.29 is 47.9 Å². The average molecular weight is 1070 g/mol. The third kappa shape index (κ3) is 20.6. The number of aliphatic imine (C=N–C) groups is 2. The third-order valence-corrected chi connectivity index (χ3v) is 13.5. The van der Waals surface area contributed by atoms with Gasteiger partial charge in [-0.25, -0.2) is 0 Å². The van der Waals surface area contributed by atoms with E-state index in [-0.39, 0.29) is 107 Å². The lowest BCUT2D eigenvalue weighted by Gasteiger charge is -2.31. The van der Waals surface area contributed by atoms with Gasteiger partial charge < -0.3 is 76.5 Å². The van der Waals surface area contributed by atoms with Crippen LogP contribution in [-0.2, 0) is 54.4 Å². The first-order chi connectivity index (χ1) is 36.1. The number of nitrogens with one attached hydrogen (secondary N) is 7. The summed E-state index contributed by atoms with van der Waals surface area (Å²) in [6, 6.07) is -0.701. The van der Waals surface area contributed by atoms with Crippen LogP contribution in [0.3, 0.4) is 0 Å². The summed E-state index contributed by atoms with van der Waals surface area (Å²) in [7, 11) is 0. The maximum absolute atomic E-state index is 14.7. The molecule has 0 unspecified atom stereocenters. The molecule has 0 radical (unpaired) electrons. The number of primary amides is 2. The summed E-state index contributed by atoms with van der Waals surface area (Å²) in [5.41, 5.74) is 33.4. The number of amides is 10. The molecule has 3 fully saturated rings. The van der Waals surface area contributed by atoms with Gasteiger partial charge in [-0.1, -0.05) is 76.3 Å². The molecule has 2 saturated heterocycles. The number of hydrogen-bond acceptors (Lipinski definition) is 12. The molecule has 420 valence electrons. The predicted octanol–water partition coefficient (Wildman–Crippen LogP) is -3.11. The second-order valence-corrected chi connectivity index (χ2v) is 20.2. The minimum atomic E-state index is -1.48. The normalized spacial score (nSPS) is 18.8. The zero-order valence-electron chi connectivity index (χ0n) is 43.7. The zero-order chi connectivity index (χ0) is 55.9. The average Bonchev–Trinajstić information content (AvgIpc) is 4.05. The van der Waals surface area contributed by atoms with Crippen molar-refractivity contribution in [1.82, 2.24) is 42.1 Å². The van der Waals surface area contributed by atoms with E-state index in [1.807, 2.05) is 13.8 Å². The summed E-state index contributed by atoms with van der Waals surface area (Å²) in [6.45, 7) is 3.96. The second kappa shape index (κ2) is 30.7. The molecular formula is C50H80N16O10. The third-order valence-electron chi connectivity index (χ3n) is 13.5. The van der Waals surface area contributed by atoms with Crippen molar-refractivity contribution in [2.45, 2.75) is 171 Å². The highest BCUT2D eigenvalue weighted by Crippen LogP contribution is 2.28. The molecule has 2 aliphatic heterocycles. The Hall–Kier alpha value is -7.54. The Bertz CT molecular complexity index is 2250. The topological polar surface area (TPSA) is 439 Å². The Kier molecular flexibility index (Phi) is 24.7. The van der Waals surface area contributed by atoms with Crippen molar-refractivity contribution in [1.29, 1.82) is 0 Å². The molecule has 10 amide bonds. The van der Waals surface area contributed by atoms with Gasteiger partial charge in [-0.2, -0.15) is 0 Å². The number of guanidine groups is 2. The molecule has 26 nitrogen and oxygen atoms in total. The molecule has 76 heavy (non-hydrogen) atoms. The molecule has 0 aromatic heterocycles. The standard InChI is InChI=1S/C50H80N16O10/c1-28(2)24-35(63-46(74)37(26-30-14-7-4-8-15-30)64-43(71)32-19-20-40(68)59-32)44(72)65-36(25-29-12-5-3-6-13-29)45(73)61-33(17-10-22-58-50(55)56)48(76)66-23-11-18-38(66)47(75)60-31(16-9-21-57-49(53)54)42(70)62-34(41(52)69)27-39(51)67/h3,5-6,12-13,28,30-38H,4,7-11,14-27H2,1-2H3,(H2,51,67)(H2,52,69)(H,59,68)(H,60,75)(H,61,73)(H,62,70)(H,63,74)(H,64,71)(H,65,72)(H4,53,54,57)(H4,55,56,58)/t31-,32-,33-,34-,35-,36-,37-,38-/m0/s1. The van der Waals surface area contributed by atoms with Crippen molar-refractivity contribution in [2.24, 2.45) is 56.2 Å². The Labute approximate surface area is 443 Å². The number of carbonyl (C=O) groups is 10. The summed E-state index contributed by atoms with van der Waals surface area (Å²) >= 11 is 0. The van der Waals surface area contributed by atoms with E-state index in [0.717, 1.165) is 32.1 Å². The second-order valence-electron chi connectivity index (χ2n) is 20.2. The summed E-state index contributed by atoms with van der Waals surface area (Å²) in [4.78, 5) is 144. The number of benzene rings is 1. The van der Waals surface area contributed by atoms with Crippen LogP contribution in [0.5, 0.6) is 0 Å². The zero-order valence-corrected chi connectivity index (χ0v) is 43.7. The van der Waals surface area contributed by atoms with Gasteiger partial charge in [-0.3, -0.25) is 57.9 Å². The van der Waals surface area contributed by atoms with Crippen LogP contribution in [0.25, 0.3) is 0 Å². The fourth-order valence-electron chi connectivity index (χ4n) is 9.65. The molecule has 0 bridgehead atoms. The van der Waals surface area contributed by atoms with Gasteiger partial charge in [0.2, 0.25) is 59.1 Å². The van der Waals surface area contributed by atoms with Crippen molar-refractivity contribution in [3.05, 3.63) is 35.9 Å². The van der Waals surface area contributed by atoms with Gasteiger partial charge in [0.05, 0.1) is 6.42 Å². The predicted molar refractivity (Wildman–Crippen MR) is 281 cm³/mol. The molecule has 1 saturated carbocycles. The van der Waals surface area contributed by atoms with E-state index in [2.05, 4.69) is 47.2 Å². The highest BCUT2D eigenvalue weighted by atomic mass is 16.2. The molecule has 3 aliphatic rings. The van der Waals surface area contributed by atoms with E-state index in [1.165, 1.54) is 4.90 Å². The highest BCUT2D eigenvalue weighted by Gasteiger charge is 2.41. The molecular weight excluding hydrogens is 985 g/mol. The van der Waals surface area contributed by atoms with E-state index in [0.29, 0.717) is 18.4 Å². The van der Waals surface area contributed by atoms with Crippen LogP contribution in [0.2, 0.25) is 0 Å². The summed E-state index contributed by atoms with van der Waals surface area (Å²) < 4.78 is 0. The number of rotatable bonds is 30. The van der Waals surface area contributed by atoms with Crippen molar-refractivity contribution >= 4 is 71.0 Å². The van der Waals surface area contributed by atoms with Crippen LogP contribution in [-0.4, -0.2) is 144 Å². The number of likely N-dealkylation sites (tertiary alicyclic amines) is 1. The molecule has 8 atom stereocenters. The van der Waals surface area contributed by atoms with E-state index in [9.17, 15) is 47.9 Å². The van der Waals surface area contributed by atoms with Crippen LogP contribution < -0.4 is 71.6 Å². The van der Waals surface area contributed by atoms with Crippen molar-refractivity contribution in [3.8, 4) is 0 Å². The van der Waals surface area contributed by atoms with E-state index < -0.39 is 108 Å². The minimum absolute atomic E-state index is 0.0208. The van der Waals surface area contributed by atoms with Gasteiger partial charge in [0.15, 0.2) is 11.9 Å². The lowest BCUT2D eigenvalue weighted by atomic mass is 9.84. The largest absolute Gasteiger partial charge is 0.370 e. The molecule has 0 spiro atoms. The van der Waals surface area contributed by atoms with Crippen molar-refractivity contribution in [3.63, 3.8) is 0 Å². The highest BCUT2D eigenvalue weighted by molar-refractivity contribution is 5.99. The SMILES string of the molecule is CC(C)C[C@H](NC(=O)[C@H](CC1CCCCC1)NC(=O)[C@@H]1CCC(=O)N1)C(=O)N[C@@H](Cc1ccccc1)C(=O)N[C@@H](CCCN=C(N)N)C(=O)N1CCC[C@H]1C(=O)N[C@@H](CCCN=C(N)N)C(=O)N[C@@H](CC(N)=O)C(N)=O. The summed E-state index contributed by atoms with van der Waals surface area (Å²) in [6.07, 6.45) is 5.93. The van der Waals surface area contributed by atoms with Crippen LogP contribution in [0.4, 0.5) is 0 Å². The lowest BCUT2D eigenvalue weighted by Crippen LogP contribution is -2.60. The van der Waals surface area contributed by atoms with Gasteiger partial charge in [-0.05, 0) is 75.2 Å². The Balaban J connectivity index is 1.60. The van der Waals surface area contributed by atoms with Gasteiger partial charge in [-0.15, -0.1) is 0 Å². The molecule has 1 aromatic rings. The van der Waals surface area contributed by atoms with Gasteiger partial charge >= 0.3 is 0 Å². The van der Waals surface area contributed by atoms with Gasteiger partial charge in [0.1, 0.15) is 48.3 Å². The quantitative estimate of drug-likeness (QED) is 0.0206. The first kappa shape index (κ1) is 61.0. The number of carbonyl (C=O) groups excluding carboxylic acids is 10. The molecule has 1 aromatic carbocycles. The number of hydrogen-bond donors (Lipinski definition) is 13. The fraction of sp³-hybridized carbons (Fsp3) is 0.640. The van der Waals surface area contributed by atoms with E-state index in [4.69, 9.17) is 34.4 Å². The number of nitrogens with two attached hydrogens (primary N) is 6. The molecule has 19 N–H and O–H groups in total. The minimum Gasteiger partial charge on any atom is -0.370 e. The smallest absolute Gasteiger partial charge is 0.245 e. The molecule has 2 heterocycles.